The lowest BCUT2D eigenvalue weighted by Gasteiger charge is -2.26. The minimum absolute atomic E-state index is 0.215. The summed E-state index contributed by atoms with van der Waals surface area (Å²) >= 11 is 0. The van der Waals surface area contributed by atoms with Crippen LogP contribution in [0.3, 0.4) is 0 Å². The summed E-state index contributed by atoms with van der Waals surface area (Å²) in [4.78, 5) is 6.65. The monoisotopic (exact) mass is 413 g/mol. The molecule has 0 spiro atoms. The highest BCUT2D eigenvalue weighted by atomic mass is 15.2. The third-order valence-electron chi connectivity index (χ3n) is 5.89. The quantitative estimate of drug-likeness (QED) is 0.606. The van der Waals surface area contributed by atoms with E-state index in [0.29, 0.717) is 35.9 Å². The van der Waals surface area contributed by atoms with Gasteiger partial charge in [0.2, 0.25) is 0 Å². The molecule has 4 rings (SSSR count). The summed E-state index contributed by atoms with van der Waals surface area (Å²) in [5.74, 6) is 1.24. The van der Waals surface area contributed by atoms with Crippen LogP contribution in [-0.2, 0) is 0 Å². The molecule has 2 aromatic rings. The third kappa shape index (κ3) is 4.19. The molecule has 0 radical (unpaired) electrons. The molecule has 2 aliphatic rings. The van der Waals surface area contributed by atoms with Crippen LogP contribution in [0, 0.1) is 22.7 Å². The summed E-state index contributed by atoms with van der Waals surface area (Å²) in [6, 6.07) is 14.3. The number of likely N-dealkylation sites (N-methyl/N-ethyl adjacent to an activating group) is 1. The topological polar surface area (TPSA) is 128 Å². The number of rotatable bonds is 8. The number of nitrogens with two attached hydrogens (primary N) is 2. The summed E-state index contributed by atoms with van der Waals surface area (Å²) < 4.78 is 0. The Morgan fingerprint density at radius 3 is 2.42 bits per heavy atom. The van der Waals surface area contributed by atoms with Crippen LogP contribution < -0.4 is 21.7 Å². The average Bonchev–Trinajstić information content (AvgIpc) is 3.70. The molecule has 2 fully saturated rings. The van der Waals surface area contributed by atoms with Gasteiger partial charge in [0.25, 0.3) is 0 Å². The fourth-order valence-electron chi connectivity index (χ4n) is 3.95. The van der Waals surface area contributed by atoms with Crippen LogP contribution in [0.15, 0.2) is 41.6 Å². The zero-order chi connectivity index (χ0) is 22.0. The van der Waals surface area contributed by atoms with Crippen molar-refractivity contribution in [3.05, 3.63) is 63.9 Å². The van der Waals surface area contributed by atoms with Gasteiger partial charge in [-0.3, -0.25) is 0 Å². The summed E-state index contributed by atoms with van der Waals surface area (Å²) in [7, 11) is 1.87. The first-order valence-corrected chi connectivity index (χ1v) is 10.7. The molecule has 1 heterocycles. The number of nitrogens with one attached hydrogen (secondary N) is 1. The van der Waals surface area contributed by atoms with E-state index >= 15 is 0 Å². The Morgan fingerprint density at radius 1 is 1.19 bits per heavy atom. The lowest BCUT2D eigenvalue weighted by Crippen LogP contribution is -2.28. The highest BCUT2D eigenvalue weighted by molar-refractivity contribution is 5.71. The van der Waals surface area contributed by atoms with Crippen molar-refractivity contribution in [2.45, 2.75) is 37.6 Å². The first kappa shape index (κ1) is 20.7. The second kappa shape index (κ2) is 8.67. The zero-order valence-electron chi connectivity index (χ0n) is 17.7. The maximum absolute atomic E-state index is 10.1. The van der Waals surface area contributed by atoms with Gasteiger partial charge in [0.15, 0.2) is 0 Å². The molecule has 0 aliphatic heterocycles. The number of nitriles is 2. The predicted octanol–water partition coefficient (Wildman–Crippen LogP) is 3.26. The number of anilines is 2. The maximum atomic E-state index is 10.1. The highest BCUT2D eigenvalue weighted by Gasteiger charge is 2.34. The van der Waals surface area contributed by atoms with Crippen molar-refractivity contribution in [1.29, 1.82) is 10.5 Å². The molecule has 1 aromatic heterocycles. The molecular formula is C24H27N7. The second-order valence-electron chi connectivity index (χ2n) is 8.20. The first-order valence-electron chi connectivity index (χ1n) is 10.7. The van der Waals surface area contributed by atoms with Crippen molar-refractivity contribution in [3.8, 4) is 12.1 Å². The smallest absolute Gasteiger partial charge is 0.149 e. The van der Waals surface area contributed by atoms with Gasteiger partial charge in [-0.15, -0.1) is 0 Å². The number of allylic oxidation sites excluding steroid dienone is 1. The number of hydrogen-bond donors (Lipinski definition) is 3. The molecule has 7 heteroatoms. The van der Waals surface area contributed by atoms with Crippen LogP contribution in [0.2, 0.25) is 0 Å². The Hall–Kier alpha value is -3.55. The van der Waals surface area contributed by atoms with Crippen molar-refractivity contribution in [2.75, 3.05) is 30.4 Å². The van der Waals surface area contributed by atoms with Crippen molar-refractivity contribution in [2.24, 2.45) is 11.5 Å². The Balaban J connectivity index is 1.86. The van der Waals surface area contributed by atoms with Crippen LogP contribution in [0.4, 0.5) is 11.6 Å². The minimum Gasteiger partial charge on any atom is -0.400 e. The van der Waals surface area contributed by atoms with Crippen LogP contribution >= 0.6 is 0 Å². The molecule has 1 aromatic carbocycles. The van der Waals surface area contributed by atoms with E-state index in [1.165, 1.54) is 5.57 Å². The van der Waals surface area contributed by atoms with E-state index in [1.807, 2.05) is 42.3 Å². The summed E-state index contributed by atoms with van der Waals surface area (Å²) in [5, 5.41) is 23.4. The predicted molar refractivity (Wildman–Crippen MR) is 121 cm³/mol. The number of hydrogen-bond acceptors (Lipinski definition) is 7. The van der Waals surface area contributed by atoms with E-state index in [2.05, 4.69) is 17.5 Å². The van der Waals surface area contributed by atoms with Crippen molar-refractivity contribution < 1.29 is 0 Å². The van der Waals surface area contributed by atoms with Crippen molar-refractivity contribution in [1.82, 2.24) is 4.98 Å². The fraction of sp³-hybridized carbons (Fsp3) is 0.375. The van der Waals surface area contributed by atoms with E-state index < -0.39 is 0 Å². The number of pyridine rings is 1. The lowest BCUT2D eigenvalue weighted by atomic mass is 9.97. The van der Waals surface area contributed by atoms with Gasteiger partial charge in [-0.05, 0) is 48.3 Å². The van der Waals surface area contributed by atoms with Crippen LogP contribution in [0.25, 0.3) is 0 Å². The van der Waals surface area contributed by atoms with Crippen LogP contribution in [-0.4, -0.2) is 25.1 Å². The number of aromatic nitrogens is 1. The van der Waals surface area contributed by atoms with Crippen LogP contribution in [0.1, 0.15) is 59.9 Å². The van der Waals surface area contributed by atoms with E-state index in [1.54, 1.807) is 0 Å². The SMILES string of the molecule is CN(CCN)c1nc(NC(C(N)=C2CC2)c2ccccc2)c(C#N)c(C2CC2)c1C#N. The van der Waals surface area contributed by atoms with Gasteiger partial charge in [0.05, 0.1) is 17.2 Å². The molecule has 1 atom stereocenters. The summed E-state index contributed by atoms with van der Waals surface area (Å²) in [5.41, 5.74) is 17.0. The summed E-state index contributed by atoms with van der Waals surface area (Å²) in [6.45, 7) is 1.00. The van der Waals surface area contributed by atoms with Gasteiger partial charge >= 0.3 is 0 Å². The Labute approximate surface area is 183 Å². The lowest BCUT2D eigenvalue weighted by molar-refractivity contribution is 0.848. The molecular weight excluding hydrogens is 386 g/mol. The Morgan fingerprint density at radius 2 is 1.87 bits per heavy atom. The minimum atomic E-state index is -0.286. The highest BCUT2D eigenvalue weighted by Crippen LogP contribution is 2.47. The molecule has 2 aliphatic carbocycles. The number of benzene rings is 1. The van der Waals surface area contributed by atoms with Gasteiger partial charge in [-0.25, -0.2) is 4.98 Å². The zero-order valence-corrected chi connectivity index (χ0v) is 17.7. The van der Waals surface area contributed by atoms with Crippen LogP contribution in [0.5, 0.6) is 0 Å². The molecule has 0 amide bonds. The summed E-state index contributed by atoms with van der Waals surface area (Å²) in [6.07, 6.45) is 3.95. The Kier molecular flexibility index (Phi) is 5.79. The van der Waals surface area contributed by atoms with Gasteiger partial charge in [-0.1, -0.05) is 30.3 Å². The molecule has 0 bridgehead atoms. The fourth-order valence-corrected chi connectivity index (χ4v) is 3.95. The maximum Gasteiger partial charge on any atom is 0.149 e. The van der Waals surface area contributed by atoms with Crippen molar-refractivity contribution in [3.63, 3.8) is 0 Å². The molecule has 0 saturated heterocycles. The van der Waals surface area contributed by atoms with E-state index in [-0.39, 0.29) is 12.0 Å². The molecule has 7 nitrogen and oxygen atoms in total. The normalized spacial score (nSPS) is 15.5. The van der Waals surface area contributed by atoms with E-state index in [9.17, 15) is 10.5 Å². The molecule has 158 valence electrons. The second-order valence-corrected chi connectivity index (χ2v) is 8.20. The average molecular weight is 414 g/mol. The van der Waals surface area contributed by atoms with E-state index in [0.717, 1.165) is 42.5 Å². The van der Waals surface area contributed by atoms with Gasteiger partial charge in [0, 0.05) is 25.8 Å². The largest absolute Gasteiger partial charge is 0.400 e. The van der Waals surface area contributed by atoms with Crippen molar-refractivity contribution >= 4 is 11.6 Å². The Bertz CT molecular complexity index is 1080. The van der Waals surface area contributed by atoms with Gasteiger partial charge in [-0.2, -0.15) is 10.5 Å². The molecule has 1 unspecified atom stereocenters. The molecule has 5 N–H and O–H groups in total. The van der Waals surface area contributed by atoms with Gasteiger partial charge in [0.1, 0.15) is 23.8 Å². The number of nitrogens with zero attached hydrogens (tertiary/aromatic N) is 4. The first-order chi connectivity index (χ1) is 15.1. The standard InChI is InChI=1S/C24H27N7/c1-31(12-11-25)24-19(14-27)20(15-7-8-15)18(13-26)23(30-24)29-22(21(28)16-9-10-16)17-5-3-2-4-6-17/h2-6,15,22H,7-12,25,28H2,1H3,(H,29,30). The third-order valence-corrected chi connectivity index (χ3v) is 5.89. The molecule has 2 saturated carbocycles. The van der Waals surface area contributed by atoms with E-state index in [4.69, 9.17) is 16.5 Å². The molecule has 31 heavy (non-hydrogen) atoms. The van der Waals surface area contributed by atoms with Gasteiger partial charge < -0.3 is 21.7 Å².